The van der Waals surface area contributed by atoms with E-state index >= 15 is 0 Å². The van der Waals surface area contributed by atoms with E-state index in [0.29, 0.717) is 24.7 Å². The molecule has 1 N–H and O–H groups in total. The molecule has 0 spiro atoms. The van der Waals surface area contributed by atoms with Crippen LogP contribution in [0.2, 0.25) is 0 Å². The van der Waals surface area contributed by atoms with Gasteiger partial charge in [-0.25, -0.2) is 0 Å². The van der Waals surface area contributed by atoms with Crippen LogP contribution in [0.4, 0.5) is 0 Å². The first kappa shape index (κ1) is 18.8. The summed E-state index contributed by atoms with van der Waals surface area (Å²) in [5.74, 6) is 1.69. The van der Waals surface area contributed by atoms with Crippen LogP contribution in [0, 0.1) is 0 Å². The van der Waals surface area contributed by atoms with Crippen molar-refractivity contribution in [3.63, 3.8) is 0 Å². The largest absolute Gasteiger partial charge is 0.486 e. The molecule has 1 unspecified atom stereocenters. The van der Waals surface area contributed by atoms with E-state index in [1.165, 1.54) is 0 Å². The predicted molar refractivity (Wildman–Crippen MR) is 97.8 cm³/mol. The van der Waals surface area contributed by atoms with Crippen LogP contribution < -0.4 is 10.1 Å². The van der Waals surface area contributed by atoms with Gasteiger partial charge >= 0.3 is 0 Å². The molecule has 0 aliphatic carbocycles. The first-order valence-electron chi connectivity index (χ1n) is 7.62. The minimum Gasteiger partial charge on any atom is -0.486 e. The smallest absolute Gasteiger partial charge is 0.289 e. The number of ether oxygens (including phenoxy) is 1. The first-order chi connectivity index (χ1) is 11.1. The van der Waals surface area contributed by atoms with Gasteiger partial charge in [0.15, 0.2) is 5.76 Å². The van der Waals surface area contributed by atoms with Crippen molar-refractivity contribution in [3.8, 4) is 5.75 Å². The summed E-state index contributed by atoms with van der Waals surface area (Å²) in [4.78, 5) is 14.3. The third kappa shape index (κ3) is 4.53. The molecule has 7 heteroatoms. The molecule has 0 radical (unpaired) electrons. The minimum absolute atomic E-state index is 0. The van der Waals surface area contributed by atoms with E-state index in [2.05, 4.69) is 21.2 Å². The highest BCUT2D eigenvalue weighted by Gasteiger charge is 2.26. The van der Waals surface area contributed by atoms with Crippen LogP contribution in [0.15, 0.2) is 45.3 Å². The fourth-order valence-corrected chi connectivity index (χ4v) is 2.94. The Balaban J connectivity index is 0.00000208. The van der Waals surface area contributed by atoms with E-state index in [1.807, 2.05) is 36.1 Å². The SMILES string of the molecule is CC1CNCCN1C(=O)c1ccc(COc2cccc(Br)c2)o1.Cl. The third-order valence-electron chi connectivity index (χ3n) is 3.81. The molecule has 1 atom stereocenters. The number of hydrogen-bond donors (Lipinski definition) is 1. The third-order valence-corrected chi connectivity index (χ3v) is 4.31. The summed E-state index contributed by atoms with van der Waals surface area (Å²) in [6.45, 7) is 4.65. The molecular weight excluding hydrogens is 396 g/mol. The maximum absolute atomic E-state index is 12.5. The number of rotatable bonds is 4. The highest BCUT2D eigenvalue weighted by atomic mass is 79.9. The van der Waals surface area contributed by atoms with Gasteiger partial charge in [0.25, 0.3) is 5.91 Å². The fraction of sp³-hybridized carbons (Fsp3) is 0.353. The summed E-state index contributed by atoms with van der Waals surface area (Å²) in [5, 5.41) is 3.27. The maximum Gasteiger partial charge on any atom is 0.289 e. The highest BCUT2D eigenvalue weighted by molar-refractivity contribution is 9.10. The molecule has 0 saturated carbocycles. The Labute approximate surface area is 155 Å². The number of benzene rings is 1. The predicted octanol–water partition coefficient (Wildman–Crippen LogP) is 3.48. The zero-order chi connectivity index (χ0) is 16.2. The zero-order valence-electron chi connectivity index (χ0n) is 13.3. The van der Waals surface area contributed by atoms with Crippen LogP contribution in [0.1, 0.15) is 23.2 Å². The van der Waals surface area contributed by atoms with Crippen molar-refractivity contribution < 1.29 is 13.9 Å². The van der Waals surface area contributed by atoms with Gasteiger partial charge in [-0.2, -0.15) is 0 Å². The van der Waals surface area contributed by atoms with Crippen molar-refractivity contribution in [2.45, 2.75) is 19.6 Å². The molecule has 2 heterocycles. The van der Waals surface area contributed by atoms with Crippen LogP contribution in [0.5, 0.6) is 5.75 Å². The molecule has 0 bridgehead atoms. The van der Waals surface area contributed by atoms with Gasteiger partial charge < -0.3 is 19.4 Å². The quantitative estimate of drug-likeness (QED) is 0.831. The molecule has 130 valence electrons. The van der Waals surface area contributed by atoms with Crippen molar-refractivity contribution in [2.75, 3.05) is 19.6 Å². The van der Waals surface area contributed by atoms with Crippen molar-refractivity contribution >= 4 is 34.2 Å². The number of nitrogens with one attached hydrogen (secondary N) is 1. The number of halogens is 2. The molecule has 1 aromatic carbocycles. The van der Waals surface area contributed by atoms with Crippen LogP contribution >= 0.6 is 28.3 Å². The maximum atomic E-state index is 12.5. The van der Waals surface area contributed by atoms with E-state index < -0.39 is 0 Å². The number of piperazine rings is 1. The highest BCUT2D eigenvalue weighted by Crippen LogP contribution is 2.20. The molecule has 1 fully saturated rings. The van der Waals surface area contributed by atoms with Crippen LogP contribution in [-0.4, -0.2) is 36.5 Å². The van der Waals surface area contributed by atoms with Gasteiger partial charge in [0, 0.05) is 30.1 Å². The second-order valence-corrected chi connectivity index (χ2v) is 6.48. The van der Waals surface area contributed by atoms with Gasteiger partial charge in [-0.15, -0.1) is 12.4 Å². The van der Waals surface area contributed by atoms with Crippen LogP contribution in [0.25, 0.3) is 0 Å². The average Bonchev–Trinajstić information content (AvgIpc) is 3.02. The molecule has 1 aliphatic heterocycles. The minimum atomic E-state index is -0.0623. The van der Waals surface area contributed by atoms with Crippen LogP contribution in [0.3, 0.4) is 0 Å². The van der Waals surface area contributed by atoms with E-state index in [1.54, 1.807) is 12.1 Å². The van der Waals surface area contributed by atoms with Gasteiger partial charge in [-0.3, -0.25) is 4.79 Å². The molecular formula is C17H20BrClN2O3. The van der Waals surface area contributed by atoms with Crippen molar-refractivity contribution in [1.29, 1.82) is 0 Å². The first-order valence-corrected chi connectivity index (χ1v) is 8.41. The monoisotopic (exact) mass is 414 g/mol. The lowest BCUT2D eigenvalue weighted by Crippen LogP contribution is -2.52. The molecule has 24 heavy (non-hydrogen) atoms. The molecule has 2 aromatic rings. The van der Waals surface area contributed by atoms with Crippen molar-refractivity contribution in [1.82, 2.24) is 10.2 Å². The fourth-order valence-electron chi connectivity index (χ4n) is 2.57. The number of nitrogens with zero attached hydrogens (tertiary/aromatic N) is 1. The summed E-state index contributed by atoms with van der Waals surface area (Å²) in [6.07, 6.45) is 0. The Kier molecular flexibility index (Phi) is 6.71. The Morgan fingerprint density at radius 1 is 1.42 bits per heavy atom. The molecule has 1 amide bonds. The summed E-state index contributed by atoms with van der Waals surface area (Å²) in [6, 6.07) is 11.3. The normalized spacial score (nSPS) is 17.2. The summed E-state index contributed by atoms with van der Waals surface area (Å²) in [5.41, 5.74) is 0. The Bertz CT molecular complexity index is 692. The lowest BCUT2D eigenvalue weighted by Gasteiger charge is -2.33. The van der Waals surface area contributed by atoms with E-state index in [0.717, 1.165) is 23.3 Å². The second kappa shape index (κ2) is 8.55. The van der Waals surface area contributed by atoms with E-state index in [9.17, 15) is 4.79 Å². The van der Waals surface area contributed by atoms with Gasteiger partial charge in [0.05, 0.1) is 0 Å². The molecule has 1 saturated heterocycles. The lowest BCUT2D eigenvalue weighted by atomic mass is 10.2. The van der Waals surface area contributed by atoms with Gasteiger partial charge in [-0.1, -0.05) is 22.0 Å². The number of carbonyl (C=O) groups excluding carboxylic acids is 1. The Morgan fingerprint density at radius 2 is 2.25 bits per heavy atom. The summed E-state index contributed by atoms with van der Waals surface area (Å²) < 4.78 is 12.3. The van der Waals surface area contributed by atoms with E-state index in [4.69, 9.17) is 9.15 Å². The number of carbonyl (C=O) groups is 1. The standard InChI is InChI=1S/C17H19BrN2O3.ClH/c1-12-10-19-7-8-20(12)17(21)16-6-5-15(23-16)11-22-14-4-2-3-13(18)9-14;/h2-6,9,12,19H,7-8,10-11H2,1H3;1H. The summed E-state index contributed by atoms with van der Waals surface area (Å²) >= 11 is 3.40. The number of amides is 1. The van der Waals surface area contributed by atoms with E-state index in [-0.39, 0.29) is 24.4 Å². The van der Waals surface area contributed by atoms with Crippen molar-refractivity contribution in [3.05, 3.63) is 52.4 Å². The lowest BCUT2D eigenvalue weighted by molar-refractivity contribution is 0.0619. The topological polar surface area (TPSA) is 54.7 Å². The summed E-state index contributed by atoms with van der Waals surface area (Å²) in [7, 11) is 0. The zero-order valence-corrected chi connectivity index (χ0v) is 15.7. The Hall–Kier alpha value is -1.50. The average molecular weight is 416 g/mol. The molecule has 3 rings (SSSR count). The number of furan rings is 1. The van der Waals surface area contributed by atoms with Gasteiger partial charge in [-0.05, 0) is 37.3 Å². The molecule has 5 nitrogen and oxygen atoms in total. The second-order valence-electron chi connectivity index (χ2n) is 5.56. The molecule has 1 aliphatic rings. The molecule has 1 aromatic heterocycles. The van der Waals surface area contributed by atoms with Crippen molar-refractivity contribution in [2.24, 2.45) is 0 Å². The Morgan fingerprint density at radius 3 is 3.00 bits per heavy atom. The van der Waals surface area contributed by atoms with Gasteiger partial charge in [0.1, 0.15) is 18.1 Å². The van der Waals surface area contributed by atoms with Gasteiger partial charge in [0.2, 0.25) is 0 Å². The number of hydrogen-bond acceptors (Lipinski definition) is 4. The van der Waals surface area contributed by atoms with Crippen LogP contribution in [-0.2, 0) is 6.61 Å².